The van der Waals surface area contributed by atoms with Crippen LogP contribution in [0.2, 0.25) is 0 Å². The number of hydrogen-bond donors (Lipinski definition) is 0. The first-order chi connectivity index (χ1) is 11.5. The van der Waals surface area contributed by atoms with Gasteiger partial charge in [-0.05, 0) is 19.8 Å². The number of amides is 1. The van der Waals surface area contributed by atoms with Crippen LogP contribution in [0.25, 0.3) is 5.52 Å². The van der Waals surface area contributed by atoms with E-state index in [1.165, 1.54) is 0 Å². The lowest BCUT2D eigenvalue weighted by Gasteiger charge is -2.55. The van der Waals surface area contributed by atoms with E-state index in [1.54, 1.807) is 29.3 Å². The molecule has 0 N–H and O–H groups in total. The first kappa shape index (κ1) is 16.9. The minimum absolute atomic E-state index is 0.0351. The molecule has 0 aromatic carbocycles. The van der Waals surface area contributed by atoms with Crippen LogP contribution in [0.3, 0.4) is 0 Å². The molecule has 2 aromatic heterocycles. The molecule has 1 aliphatic rings. The van der Waals surface area contributed by atoms with Gasteiger partial charge < -0.3 is 9.64 Å². The number of nitrogens with zero attached hydrogens (tertiary/aromatic N) is 4. The average molecular weight is 330 g/mol. The van der Waals surface area contributed by atoms with Crippen LogP contribution in [0.4, 0.5) is 0 Å². The molecule has 6 heteroatoms. The van der Waals surface area contributed by atoms with Crippen molar-refractivity contribution < 1.29 is 9.53 Å². The fourth-order valence-electron chi connectivity index (χ4n) is 3.67. The van der Waals surface area contributed by atoms with E-state index in [9.17, 15) is 4.79 Å². The summed E-state index contributed by atoms with van der Waals surface area (Å²) in [5.41, 5.74) is 1.33. The van der Waals surface area contributed by atoms with E-state index in [1.807, 2.05) is 11.8 Å². The maximum Gasteiger partial charge on any atom is 0.258 e. The molecule has 0 radical (unpaired) electrons. The molecule has 6 nitrogen and oxygen atoms in total. The average Bonchev–Trinajstić information content (AvgIpc) is 3.00. The van der Waals surface area contributed by atoms with Gasteiger partial charge in [-0.1, -0.05) is 20.8 Å². The Balaban J connectivity index is 1.87. The van der Waals surface area contributed by atoms with Crippen molar-refractivity contribution in [3.63, 3.8) is 0 Å². The minimum atomic E-state index is -0.0396. The van der Waals surface area contributed by atoms with Gasteiger partial charge >= 0.3 is 0 Å². The number of aromatic nitrogens is 3. The van der Waals surface area contributed by atoms with Gasteiger partial charge in [0.25, 0.3) is 5.91 Å². The third-order valence-corrected chi connectivity index (χ3v) is 5.15. The highest BCUT2D eigenvalue weighted by molar-refractivity contribution is 6.00. The number of carbonyl (C=O) groups is 1. The van der Waals surface area contributed by atoms with Gasteiger partial charge in [0.2, 0.25) is 0 Å². The van der Waals surface area contributed by atoms with Gasteiger partial charge in [-0.25, -0.2) is 4.52 Å². The van der Waals surface area contributed by atoms with E-state index in [2.05, 4.69) is 30.9 Å². The summed E-state index contributed by atoms with van der Waals surface area (Å²) < 4.78 is 7.52. The van der Waals surface area contributed by atoms with Gasteiger partial charge in [0, 0.05) is 37.0 Å². The van der Waals surface area contributed by atoms with Crippen molar-refractivity contribution in [1.29, 1.82) is 0 Å². The standard InChI is InChI=1S/C18H26N4O2/c1-5-8-21(15-10-16(24-6-2)18(15,3)4)17(23)13-11-20-22-9-7-19-12-14(13)22/h7,9,11-12,15-16H,5-6,8,10H2,1-4H3. The summed E-state index contributed by atoms with van der Waals surface area (Å²) in [6, 6.07) is 0.188. The molecular weight excluding hydrogens is 304 g/mol. The number of rotatable bonds is 6. The van der Waals surface area contributed by atoms with E-state index < -0.39 is 0 Å². The smallest absolute Gasteiger partial charge is 0.258 e. The highest BCUT2D eigenvalue weighted by Crippen LogP contribution is 2.46. The second-order valence-corrected chi connectivity index (χ2v) is 6.98. The first-order valence-electron chi connectivity index (χ1n) is 8.70. The molecule has 1 amide bonds. The van der Waals surface area contributed by atoms with Gasteiger partial charge in [0.1, 0.15) is 0 Å². The zero-order chi connectivity index (χ0) is 17.3. The molecular formula is C18H26N4O2. The largest absolute Gasteiger partial charge is 0.378 e. The molecule has 24 heavy (non-hydrogen) atoms. The minimum Gasteiger partial charge on any atom is -0.378 e. The quantitative estimate of drug-likeness (QED) is 0.817. The van der Waals surface area contributed by atoms with Crippen LogP contribution in [0, 0.1) is 5.41 Å². The van der Waals surface area contributed by atoms with E-state index in [0.717, 1.165) is 24.9 Å². The van der Waals surface area contributed by atoms with Gasteiger partial charge in [-0.2, -0.15) is 5.10 Å². The Morgan fingerprint density at radius 3 is 2.88 bits per heavy atom. The Kier molecular flexibility index (Phi) is 4.58. The molecule has 1 saturated carbocycles. The zero-order valence-electron chi connectivity index (χ0n) is 14.9. The molecule has 1 aliphatic carbocycles. The van der Waals surface area contributed by atoms with Crippen LogP contribution in [0.5, 0.6) is 0 Å². The lowest BCUT2D eigenvalue weighted by Crippen LogP contribution is -2.63. The molecule has 2 atom stereocenters. The molecule has 0 bridgehead atoms. The van der Waals surface area contributed by atoms with E-state index in [0.29, 0.717) is 12.2 Å². The summed E-state index contributed by atoms with van der Waals surface area (Å²) in [6.07, 6.45) is 8.80. The molecule has 0 saturated heterocycles. The molecule has 1 fully saturated rings. The second kappa shape index (κ2) is 6.51. The highest BCUT2D eigenvalue weighted by Gasteiger charge is 2.52. The fourth-order valence-corrected chi connectivity index (χ4v) is 3.67. The normalized spacial score (nSPS) is 22.3. The van der Waals surface area contributed by atoms with Crippen molar-refractivity contribution >= 4 is 11.4 Å². The van der Waals surface area contributed by atoms with Crippen molar-refractivity contribution in [2.75, 3.05) is 13.2 Å². The zero-order valence-corrected chi connectivity index (χ0v) is 14.9. The van der Waals surface area contributed by atoms with Crippen LogP contribution >= 0.6 is 0 Å². The topological polar surface area (TPSA) is 59.7 Å². The molecule has 130 valence electrons. The number of carbonyl (C=O) groups excluding carboxylic acids is 1. The van der Waals surface area contributed by atoms with E-state index in [4.69, 9.17) is 4.74 Å². The summed E-state index contributed by atoms with van der Waals surface area (Å²) in [5.74, 6) is 0.0351. The van der Waals surface area contributed by atoms with Crippen LogP contribution in [-0.2, 0) is 4.74 Å². The Morgan fingerprint density at radius 2 is 2.21 bits per heavy atom. The van der Waals surface area contributed by atoms with Gasteiger partial charge in [-0.3, -0.25) is 9.78 Å². The summed E-state index contributed by atoms with van der Waals surface area (Å²) in [4.78, 5) is 19.3. The van der Waals surface area contributed by atoms with Crippen molar-refractivity contribution in [3.05, 3.63) is 30.4 Å². The van der Waals surface area contributed by atoms with E-state index in [-0.39, 0.29) is 23.5 Å². The van der Waals surface area contributed by atoms with Crippen LogP contribution in [0.15, 0.2) is 24.8 Å². The predicted octanol–water partition coefficient (Wildman–Crippen LogP) is 2.79. The first-order valence-corrected chi connectivity index (χ1v) is 8.70. The molecule has 2 unspecified atom stereocenters. The number of hydrogen-bond acceptors (Lipinski definition) is 4. The SMILES string of the molecule is CCCN(C(=O)c1cnn2ccncc12)C1CC(OCC)C1(C)C. The number of ether oxygens (including phenoxy) is 1. The van der Waals surface area contributed by atoms with Gasteiger partial charge in [0.15, 0.2) is 0 Å². The lowest BCUT2D eigenvalue weighted by atomic mass is 9.63. The van der Waals surface area contributed by atoms with Crippen LogP contribution in [0.1, 0.15) is 50.9 Å². The Bertz CT molecular complexity index is 725. The predicted molar refractivity (Wildman–Crippen MR) is 91.9 cm³/mol. The summed E-state index contributed by atoms with van der Waals surface area (Å²) >= 11 is 0. The van der Waals surface area contributed by atoms with Crippen molar-refractivity contribution in [1.82, 2.24) is 19.5 Å². The van der Waals surface area contributed by atoms with Gasteiger partial charge in [0.05, 0.1) is 29.6 Å². The summed E-state index contributed by atoms with van der Waals surface area (Å²) in [7, 11) is 0. The Morgan fingerprint density at radius 1 is 1.42 bits per heavy atom. The molecule has 0 spiro atoms. The molecule has 3 rings (SSSR count). The lowest BCUT2D eigenvalue weighted by molar-refractivity contribution is -0.140. The van der Waals surface area contributed by atoms with Crippen molar-refractivity contribution in [3.8, 4) is 0 Å². The maximum atomic E-state index is 13.2. The van der Waals surface area contributed by atoms with Crippen LogP contribution < -0.4 is 0 Å². The van der Waals surface area contributed by atoms with Crippen LogP contribution in [-0.4, -0.2) is 50.7 Å². The molecule has 2 aromatic rings. The Hall–Kier alpha value is -1.95. The summed E-state index contributed by atoms with van der Waals surface area (Å²) in [6.45, 7) is 9.95. The second-order valence-electron chi connectivity index (χ2n) is 6.98. The van der Waals surface area contributed by atoms with Crippen molar-refractivity contribution in [2.45, 2.75) is 52.7 Å². The third kappa shape index (κ3) is 2.69. The highest BCUT2D eigenvalue weighted by atomic mass is 16.5. The van der Waals surface area contributed by atoms with Crippen molar-refractivity contribution in [2.24, 2.45) is 5.41 Å². The monoisotopic (exact) mass is 330 g/mol. The fraction of sp³-hybridized carbons (Fsp3) is 0.611. The van der Waals surface area contributed by atoms with Gasteiger partial charge in [-0.15, -0.1) is 0 Å². The molecule has 0 aliphatic heterocycles. The summed E-state index contributed by atoms with van der Waals surface area (Å²) in [5, 5.41) is 4.27. The van der Waals surface area contributed by atoms with E-state index >= 15 is 0 Å². The maximum absolute atomic E-state index is 13.2. The number of fused-ring (bicyclic) bond motifs is 1. The molecule has 2 heterocycles. The third-order valence-electron chi connectivity index (χ3n) is 5.15. The Labute approximate surface area is 142 Å².